The molecule has 5 heteroatoms. The molecule has 21 heavy (non-hydrogen) atoms. The van der Waals surface area contributed by atoms with Crippen molar-refractivity contribution in [1.82, 2.24) is 0 Å². The van der Waals surface area contributed by atoms with Gasteiger partial charge < -0.3 is 14.6 Å². The summed E-state index contributed by atoms with van der Waals surface area (Å²) >= 11 is 0. The Hall–Kier alpha value is -1.59. The van der Waals surface area contributed by atoms with Crippen LogP contribution in [0.2, 0.25) is 0 Å². The monoisotopic (exact) mass is 287 g/mol. The molecule has 1 amide bonds. The smallest absolute Gasteiger partial charge is 0.400 e. The first-order valence-electron chi connectivity index (χ1n) is 7.11. The average molecular weight is 287 g/mol. The average Bonchev–Trinajstić information content (AvgIpc) is 2.56. The number of carbonyl (C=O) groups is 1. The molecule has 0 radical (unpaired) electrons. The second kappa shape index (κ2) is 5.66. The van der Waals surface area contributed by atoms with Crippen molar-refractivity contribution in [1.29, 1.82) is 0 Å². The third-order valence-electron chi connectivity index (χ3n) is 3.95. The molecule has 4 nitrogen and oxygen atoms in total. The van der Waals surface area contributed by atoms with Crippen molar-refractivity contribution in [3.63, 3.8) is 0 Å². The molecular weight excluding hydrogens is 265 g/mol. The van der Waals surface area contributed by atoms with Crippen LogP contribution < -0.4 is 5.32 Å². The van der Waals surface area contributed by atoms with E-state index in [0.29, 0.717) is 0 Å². The lowest BCUT2D eigenvalue weighted by molar-refractivity contribution is -0.114. The van der Waals surface area contributed by atoms with E-state index in [1.165, 1.54) is 6.92 Å². The standard InChI is InChI=1S/C16H22BNO3/c1-12(19)18-14-8-6-13(7-9-14)10-11-17-20-15(2,3)16(4,5)21-17/h6-11H,1-5H3,(H,18,19)/b11-10+. The predicted octanol–water partition coefficient (Wildman–Crippen LogP) is 3.29. The van der Waals surface area contributed by atoms with E-state index < -0.39 is 0 Å². The summed E-state index contributed by atoms with van der Waals surface area (Å²) in [6, 6.07) is 7.61. The summed E-state index contributed by atoms with van der Waals surface area (Å²) in [5, 5.41) is 2.74. The van der Waals surface area contributed by atoms with Gasteiger partial charge in [-0.15, -0.1) is 0 Å². The Kier molecular flexibility index (Phi) is 4.26. The van der Waals surface area contributed by atoms with Crippen LogP contribution >= 0.6 is 0 Å². The van der Waals surface area contributed by atoms with Crippen molar-refractivity contribution in [3.05, 3.63) is 35.8 Å². The number of anilines is 1. The lowest BCUT2D eigenvalue weighted by Crippen LogP contribution is -2.41. The van der Waals surface area contributed by atoms with Gasteiger partial charge in [-0.25, -0.2) is 0 Å². The number of nitrogens with one attached hydrogen (secondary N) is 1. The van der Waals surface area contributed by atoms with Crippen molar-refractivity contribution in [2.75, 3.05) is 5.32 Å². The second-order valence-electron chi connectivity index (χ2n) is 6.29. The van der Waals surface area contributed by atoms with Crippen molar-refractivity contribution in [2.45, 2.75) is 45.8 Å². The number of amides is 1. The maximum absolute atomic E-state index is 11.0. The van der Waals surface area contributed by atoms with Crippen LogP contribution in [0.5, 0.6) is 0 Å². The van der Waals surface area contributed by atoms with Gasteiger partial charge in [-0.2, -0.15) is 0 Å². The van der Waals surface area contributed by atoms with E-state index in [1.807, 2.05) is 64.0 Å². The molecule has 0 atom stereocenters. The van der Waals surface area contributed by atoms with Crippen molar-refractivity contribution >= 4 is 24.8 Å². The summed E-state index contributed by atoms with van der Waals surface area (Å²) in [4.78, 5) is 11.0. The summed E-state index contributed by atoms with van der Waals surface area (Å²) in [5.41, 5.74) is 1.17. The van der Waals surface area contributed by atoms with Gasteiger partial charge in [0.2, 0.25) is 5.91 Å². The number of rotatable bonds is 3. The van der Waals surface area contributed by atoms with Gasteiger partial charge in [0, 0.05) is 12.6 Å². The van der Waals surface area contributed by atoms with Gasteiger partial charge in [0.1, 0.15) is 0 Å². The van der Waals surface area contributed by atoms with E-state index in [4.69, 9.17) is 9.31 Å². The predicted molar refractivity (Wildman–Crippen MR) is 85.9 cm³/mol. The summed E-state index contributed by atoms with van der Waals surface area (Å²) in [5.74, 6) is 1.83. The molecule has 0 aliphatic carbocycles. The molecule has 1 aliphatic rings. The second-order valence-corrected chi connectivity index (χ2v) is 6.29. The fourth-order valence-corrected chi connectivity index (χ4v) is 2.04. The molecule has 2 rings (SSSR count). The van der Waals surface area contributed by atoms with E-state index in [1.54, 1.807) is 0 Å². The van der Waals surface area contributed by atoms with Crippen LogP contribution in [0.3, 0.4) is 0 Å². The highest BCUT2D eigenvalue weighted by atomic mass is 16.7. The van der Waals surface area contributed by atoms with Gasteiger partial charge in [0.25, 0.3) is 0 Å². The Labute approximate surface area is 126 Å². The quantitative estimate of drug-likeness (QED) is 0.868. The summed E-state index contributed by atoms with van der Waals surface area (Å²) in [6.07, 6.45) is 1.96. The van der Waals surface area contributed by atoms with Gasteiger partial charge >= 0.3 is 7.12 Å². The molecule has 0 spiro atoms. The van der Waals surface area contributed by atoms with Gasteiger partial charge in [-0.1, -0.05) is 24.2 Å². The van der Waals surface area contributed by atoms with E-state index in [-0.39, 0.29) is 24.2 Å². The molecule has 0 unspecified atom stereocenters. The number of hydrogen-bond acceptors (Lipinski definition) is 3. The SMILES string of the molecule is CC(=O)Nc1ccc(/C=C/B2OC(C)(C)C(C)(C)O2)cc1. The Morgan fingerprint density at radius 1 is 1.10 bits per heavy atom. The van der Waals surface area contributed by atoms with E-state index >= 15 is 0 Å². The van der Waals surface area contributed by atoms with E-state index in [9.17, 15) is 4.79 Å². The number of hydrogen-bond donors (Lipinski definition) is 1. The highest BCUT2D eigenvalue weighted by Gasteiger charge is 2.49. The van der Waals surface area contributed by atoms with Crippen LogP contribution in [-0.4, -0.2) is 24.2 Å². The van der Waals surface area contributed by atoms with Crippen LogP contribution in [-0.2, 0) is 14.1 Å². The van der Waals surface area contributed by atoms with Crippen LogP contribution in [0.25, 0.3) is 6.08 Å². The first-order chi connectivity index (χ1) is 9.69. The third-order valence-corrected chi connectivity index (χ3v) is 3.95. The highest BCUT2D eigenvalue weighted by Crippen LogP contribution is 2.37. The zero-order valence-electron chi connectivity index (χ0n) is 13.3. The summed E-state index contributed by atoms with van der Waals surface area (Å²) in [6.45, 7) is 9.62. The summed E-state index contributed by atoms with van der Waals surface area (Å²) < 4.78 is 11.8. The molecule has 1 N–H and O–H groups in total. The van der Waals surface area contributed by atoms with Gasteiger partial charge in [0.05, 0.1) is 11.2 Å². The topological polar surface area (TPSA) is 47.6 Å². The third kappa shape index (κ3) is 3.74. The normalized spacial score (nSPS) is 20.0. The Balaban J connectivity index is 2.01. The zero-order chi connectivity index (χ0) is 15.7. The maximum atomic E-state index is 11.0. The maximum Gasteiger partial charge on any atom is 0.487 e. The lowest BCUT2D eigenvalue weighted by Gasteiger charge is -2.32. The van der Waals surface area contributed by atoms with Crippen LogP contribution in [0.15, 0.2) is 30.2 Å². The number of carbonyl (C=O) groups excluding carboxylic acids is 1. The molecule has 1 heterocycles. The molecule has 0 bridgehead atoms. The molecular formula is C16H22BNO3. The van der Waals surface area contributed by atoms with E-state index in [2.05, 4.69) is 5.32 Å². The molecule has 1 saturated heterocycles. The fourth-order valence-electron chi connectivity index (χ4n) is 2.04. The molecule has 1 fully saturated rings. The lowest BCUT2D eigenvalue weighted by atomic mass is 9.89. The van der Waals surface area contributed by atoms with Crippen LogP contribution in [0.4, 0.5) is 5.69 Å². The molecule has 1 aliphatic heterocycles. The van der Waals surface area contributed by atoms with Crippen LogP contribution in [0, 0.1) is 0 Å². The zero-order valence-corrected chi connectivity index (χ0v) is 13.3. The molecule has 112 valence electrons. The summed E-state index contributed by atoms with van der Waals surface area (Å²) in [7, 11) is -0.343. The number of benzene rings is 1. The van der Waals surface area contributed by atoms with Crippen molar-refractivity contribution in [2.24, 2.45) is 0 Å². The molecule has 0 saturated carbocycles. The van der Waals surface area contributed by atoms with Gasteiger partial charge in [-0.3, -0.25) is 4.79 Å². The van der Waals surface area contributed by atoms with Crippen molar-refractivity contribution < 1.29 is 14.1 Å². The molecule has 1 aromatic carbocycles. The Morgan fingerprint density at radius 2 is 1.62 bits per heavy atom. The minimum atomic E-state index is -0.343. The van der Waals surface area contributed by atoms with E-state index in [0.717, 1.165) is 11.3 Å². The highest BCUT2D eigenvalue weighted by molar-refractivity contribution is 6.52. The molecule has 0 aromatic heterocycles. The minimum absolute atomic E-state index is 0.0736. The minimum Gasteiger partial charge on any atom is -0.400 e. The first kappa shape index (κ1) is 15.8. The Bertz CT molecular complexity index is 533. The van der Waals surface area contributed by atoms with Gasteiger partial charge in [-0.05, 0) is 45.4 Å². The van der Waals surface area contributed by atoms with Crippen LogP contribution in [0.1, 0.15) is 40.2 Å². The fraction of sp³-hybridized carbons (Fsp3) is 0.438. The van der Waals surface area contributed by atoms with Gasteiger partial charge in [0.15, 0.2) is 0 Å². The molecule has 1 aromatic rings. The van der Waals surface area contributed by atoms with Crippen molar-refractivity contribution in [3.8, 4) is 0 Å². The Morgan fingerprint density at radius 3 is 2.10 bits per heavy atom. The largest absolute Gasteiger partial charge is 0.487 e. The first-order valence-corrected chi connectivity index (χ1v) is 7.11.